The number of para-hydroxylation sites is 1. The van der Waals surface area contributed by atoms with E-state index in [2.05, 4.69) is 5.32 Å². The molecular formula is C11H16FNO. The third-order valence-electron chi connectivity index (χ3n) is 2.29. The van der Waals surface area contributed by atoms with E-state index in [1.54, 1.807) is 18.2 Å². The summed E-state index contributed by atoms with van der Waals surface area (Å²) in [4.78, 5) is 0. The van der Waals surface area contributed by atoms with Crippen LogP contribution in [0.1, 0.15) is 13.3 Å². The number of nitrogens with one attached hydrogen (secondary N) is 1. The van der Waals surface area contributed by atoms with Gasteiger partial charge in [-0.1, -0.05) is 19.1 Å². The first-order valence-corrected chi connectivity index (χ1v) is 4.87. The van der Waals surface area contributed by atoms with Crippen LogP contribution in [0.5, 0.6) is 0 Å². The van der Waals surface area contributed by atoms with Crippen molar-refractivity contribution in [3.8, 4) is 0 Å². The zero-order chi connectivity index (χ0) is 10.4. The Kier molecular flexibility index (Phi) is 4.40. The predicted octanol–water partition coefficient (Wildman–Crippen LogP) is 2.26. The lowest BCUT2D eigenvalue weighted by Crippen LogP contribution is -2.17. The first-order chi connectivity index (χ1) is 6.77. The van der Waals surface area contributed by atoms with Crippen LogP contribution in [0.25, 0.3) is 0 Å². The van der Waals surface area contributed by atoms with Crippen molar-refractivity contribution in [3.63, 3.8) is 0 Å². The molecule has 1 aromatic rings. The van der Waals surface area contributed by atoms with E-state index in [1.807, 2.05) is 6.92 Å². The first kappa shape index (κ1) is 11.0. The van der Waals surface area contributed by atoms with E-state index >= 15 is 0 Å². The minimum absolute atomic E-state index is 0.137. The Balaban J connectivity index is 2.49. The van der Waals surface area contributed by atoms with Gasteiger partial charge in [-0.05, 0) is 24.5 Å². The zero-order valence-electron chi connectivity index (χ0n) is 8.33. The van der Waals surface area contributed by atoms with Gasteiger partial charge in [0, 0.05) is 13.2 Å². The molecule has 78 valence electrons. The number of hydrogen-bond acceptors (Lipinski definition) is 2. The Bertz CT molecular complexity index is 274. The third-order valence-corrected chi connectivity index (χ3v) is 2.29. The molecule has 0 aromatic heterocycles. The van der Waals surface area contributed by atoms with Crippen molar-refractivity contribution in [3.05, 3.63) is 30.1 Å². The van der Waals surface area contributed by atoms with Gasteiger partial charge in [0.1, 0.15) is 5.82 Å². The molecule has 14 heavy (non-hydrogen) atoms. The highest BCUT2D eigenvalue weighted by atomic mass is 19.1. The van der Waals surface area contributed by atoms with Crippen molar-refractivity contribution < 1.29 is 9.50 Å². The number of rotatable bonds is 5. The van der Waals surface area contributed by atoms with Crippen LogP contribution in [0.4, 0.5) is 10.1 Å². The van der Waals surface area contributed by atoms with Crippen LogP contribution in [-0.2, 0) is 0 Å². The largest absolute Gasteiger partial charge is 0.396 e. The maximum absolute atomic E-state index is 13.1. The fraction of sp³-hybridized carbons (Fsp3) is 0.455. The second-order valence-electron chi connectivity index (χ2n) is 3.32. The molecule has 0 saturated heterocycles. The highest BCUT2D eigenvalue weighted by Gasteiger charge is 2.05. The van der Waals surface area contributed by atoms with Crippen LogP contribution in [0, 0.1) is 11.7 Å². The molecule has 0 radical (unpaired) electrons. The molecule has 0 amide bonds. The van der Waals surface area contributed by atoms with Crippen LogP contribution in [0.2, 0.25) is 0 Å². The quantitative estimate of drug-likeness (QED) is 0.758. The number of hydrogen-bond donors (Lipinski definition) is 2. The molecular weight excluding hydrogens is 181 g/mol. The Labute approximate surface area is 83.8 Å². The fourth-order valence-electron chi connectivity index (χ4n) is 1.20. The van der Waals surface area contributed by atoms with Gasteiger partial charge in [0.25, 0.3) is 0 Å². The van der Waals surface area contributed by atoms with Crippen LogP contribution in [0.3, 0.4) is 0 Å². The highest BCUT2D eigenvalue weighted by molar-refractivity contribution is 5.44. The molecule has 0 aliphatic carbocycles. The van der Waals surface area contributed by atoms with Crippen LogP contribution in [-0.4, -0.2) is 18.3 Å². The number of benzene rings is 1. The van der Waals surface area contributed by atoms with Gasteiger partial charge in [0.05, 0.1) is 5.69 Å². The number of aliphatic hydroxyl groups is 1. The number of anilines is 1. The van der Waals surface area contributed by atoms with Gasteiger partial charge < -0.3 is 10.4 Å². The fourth-order valence-corrected chi connectivity index (χ4v) is 1.20. The van der Waals surface area contributed by atoms with E-state index < -0.39 is 0 Å². The molecule has 0 saturated carbocycles. The predicted molar refractivity (Wildman–Crippen MR) is 55.8 cm³/mol. The van der Waals surface area contributed by atoms with E-state index in [9.17, 15) is 4.39 Å². The summed E-state index contributed by atoms with van der Waals surface area (Å²) < 4.78 is 13.1. The normalized spacial score (nSPS) is 12.5. The Morgan fingerprint density at radius 1 is 1.43 bits per heavy atom. The summed E-state index contributed by atoms with van der Waals surface area (Å²) in [7, 11) is 0. The van der Waals surface area contributed by atoms with Crippen LogP contribution < -0.4 is 5.32 Å². The standard InChI is InChI=1S/C11H16FNO/c1-2-9(8-14)7-13-11-6-4-3-5-10(11)12/h3-6,9,13-14H,2,7-8H2,1H3. The minimum atomic E-state index is -0.250. The average Bonchev–Trinajstić information content (AvgIpc) is 2.22. The molecule has 2 N–H and O–H groups in total. The molecule has 2 nitrogen and oxygen atoms in total. The van der Waals surface area contributed by atoms with Crippen molar-refractivity contribution in [2.45, 2.75) is 13.3 Å². The molecule has 0 bridgehead atoms. The SMILES string of the molecule is CCC(CO)CNc1ccccc1F. The van der Waals surface area contributed by atoms with E-state index in [0.717, 1.165) is 6.42 Å². The van der Waals surface area contributed by atoms with Crippen molar-refractivity contribution in [2.24, 2.45) is 5.92 Å². The maximum atomic E-state index is 13.1. The van der Waals surface area contributed by atoms with E-state index in [4.69, 9.17) is 5.11 Å². The van der Waals surface area contributed by atoms with E-state index in [-0.39, 0.29) is 18.3 Å². The lowest BCUT2D eigenvalue weighted by Gasteiger charge is -2.13. The van der Waals surface area contributed by atoms with E-state index in [1.165, 1.54) is 6.07 Å². The second-order valence-corrected chi connectivity index (χ2v) is 3.32. The molecule has 0 aliphatic heterocycles. The van der Waals surface area contributed by atoms with Gasteiger partial charge in [0.15, 0.2) is 0 Å². The topological polar surface area (TPSA) is 32.3 Å². The molecule has 3 heteroatoms. The van der Waals surface area contributed by atoms with Gasteiger partial charge >= 0.3 is 0 Å². The van der Waals surface area contributed by atoms with Crippen LogP contribution in [0.15, 0.2) is 24.3 Å². The average molecular weight is 197 g/mol. The van der Waals surface area contributed by atoms with Gasteiger partial charge in [-0.2, -0.15) is 0 Å². The summed E-state index contributed by atoms with van der Waals surface area (Å²) in [6.07, 6.45) is 0.887. The Morgan fingerprint density at radius 2 is 2.14 bits per heavy atom. The molecule has 1 aromatic carbocycles. The maximum Gasteiger partial charge on any atom is 0.146 e. The molecule has 0 aliphatic rings. The van der Waals surface area contributed by atoms with Gasteiger partial charge in [-0.25, -0.2) is 4.39 Å². The molecule has 1 rings (SSSR count). The molecule has 0 fully saturated rings. The minimum Gasteiger partial charge on any atom is -0.396 e. The summed E-state index contributed by atoms with van der Waals surface area (Å²) in [5.74, 6) is -0.0603. The van der Waals surface area contributed by atoms with Crippen molar-refractivity contribution in [1.29, 1.82) is 0 Å². The van der Waals surface area contributed by atoms with E-state index in [0.29, 0.717) is 12.2 Å². The highest BCUT2D eigenvalue weighted by Crippen LogP contribution is 2.13. The molecule has 1 atom stereocenters. The summed E-state index contributed by atoms with van der Waals surface area (Å²) in [6.45, 7) is 2.75. The van der Waals surface area contributed by atoms with Crippen LogP contribution >= 0.6 is 0 Å². The molecule has 0 heterocycles. The lowest BCUT2D eigenvalue weighted by molar-refractivity contribution is 0.230. The Morgan fingerprint density at radius 3 is 2.71 bits per heavy atom. The van der Waals surface area contributed by atoms with Gasteiger partial charge in [0.2, 0.25) is 0 Å². The Hall–Kier alpha value is -1.09. The van der Waals surface area contributed by atoms with Crippen molar-refractivity contribution in [1.82, 2.24) is 0 Å². The summed E-state index contributed by atoms with van der Waals surface area (Å²) >= 11 is 0. The molecule has 0 spiro atoms. The van der Waals surface area contributed by atoms with Gasteiger partial charge in [-0.3, -0.25) is 0 Å². The van der Waals surface area contributed by atoms with Crippen molar-refractivity contribution in [2.75, 3.05) is 18.5 Å². The second kappa shape index (κ2) is 5.60. The summed E-state index contributed by atoms with van der Waals surface area (Å²) in [5, 5.41) is 11.9. The smallest absolute Gasteiger partial charge is 0.146 e. The number of aliphatic hydroxyl groups excluding tert-OH is 1. The third kappa shape index (κ3) is 3.00. The van der Waals surface area contributed by atoms with Gasteiger partial charge in [-0.15, -0.1) is 0 Å². The zero-order valence-corrected chi connectivity index (χ0v) is 8.33. The lowest BCUT2D eigenvalue weighted by atomic mass is 10.1. The first-order valence-electron chi connectivity index (χ1n) is 4.87. The molecule has 1 unspecified atom stereocenters. The summed E-state index contributed by atoms with van der Waals surface area (Å²) in [6, 6.07) is 6.55. The monoisotopic (exact) mass is 197 g/mol. The summed E-state index contributed by atoms with van der Waals surface area (Å²) in [5.41, 5.74) is 0.499. The van der Waals surface area contributed by atoms with Crippen molar-refractivity contribution >= 4 is 5.69 Å². The number of halogens is 1.